The molecule has 0 bridgehead atoms. The standard InChI is InChI=1S/C14H15FN2O5/c1-9(22-11-4-2-10(15)3-5-11)13(19)21-8-12(18)17-7-6-16-14(17)20/h2-5,9H,6-8H2,1H3,(H,16,20)/t9-/m0/s1. The number of ether oxygens (including phenoxy) is 2. The van der Waals surface area contributed by atoms with Gasteiger partial charge in [-0.15, -0.1) is 0 Å². The summed E-state index contributed by atoms with van der Waals surface area (Å²) in [5.41, 5.74) is 0. The molecule has 0 aliphatic carbocycles. The molecule has 1 N–H and O–H groups in total. The fourth-order valence-corrected chi connectivity index (χ4v) is 1.80. The predicted octanol–water partition coefficient (Wildman–Crippen LogP) is 0.688. The third kappa shape index (κ3) is 3.94. The Morgan fingerprint density at radius 1 is 1.36 bits per heavy atom. The van der Waals surface area contributed by atoms with Gasteiger partial charge in [-0.25, -0.2) is 14.0 Å². The van der Waals surface area contributed by atoms with Crippen molar-refractivity contribution in [2.24, 2.45) is 0 Å². The molecule has 1 aliphatic rings. The van der Waals surface area contributed by atoms with Crippen LogP contribution in [-0.4, -0.2) is 48.6 Å². The molecule has 0 radical (unpaired) electrons. The first-order valence-corrected chi connectivity index (χ1v) is 6.64. The van der Waals surface area contributed by atoms with Crippen LogP contribution < -0.4 is 10.1 Å². The number of hydrogen-bond donors (Lipinski definition) is 1. The van der Waals surface area contributed by atoms with Gasteiger partial charge < -0.3 is 14.8 Å². The molecule has 1 heterocycles. The molecule has 0 aromatic heterocycles. The number of urea groups is 1. The average Bonchev–Trinajstić information content (AvgIpc) is 2.93. The van der Waals surface area contributed by atoms with Crippen molar-refractivity contribution in [3.8, 4) is 5.75 Å². The van der Waals surface area contributed by atoms with E-state index in [0.717, 1.165) is 4.90 Å². The molecule has 2 rings (SSSR count). The smallest absolute Gasteiger partial charge is 0.347 e. The zero-order valence-electron chi connectivity index (χ0n) is 11.9. The highest BCUT2D eigenvalue weighted by Crippen LogP contribution is 2.13. The zero-order valence-corrected chi connectivity index (χ0v) is 11.9. The fraction of sp³-hybridized carbons (Fsp3) is 0.357. The molecule has 7 nitrogen and oxygen atoms in total. The van der Waals surface area contributed by atoms with Crippen molar-refractivity contribution >= 4 is 17.9 Å². The average molecular weight is 310 g/mol. The molecule has 1 aromatic carbocycles. The van der Waals surface area contributed by atoms with E-state index in [-0.39, 0.29) is 6.54 Å². The van der Waals surface area contributed by atoms with E-state index < -0.39 is 36.4 Å². The first-order valence-electron chi connectivity index (χ1n) is 6.64. The lowest BCUT2D eigenvalue weighted by atomic mass is 10.3. The Morgan fingerprint density at radius 3 is 2.64 bits per heavy atom. The summed E-state index contributed by atoms with van der Waals surface area (Å²) in [6, 6.07) is 4.64. The molecule has 1 fully saturated rings. The maximum Gasteiger partial charge on any atom is 0.347 e. The van der Waals surface area contributed by atoms with E-state index in [2.05, 4.69) is 5.32 Å². The minimum atomic E-state index is -0.967. The summed E-state index contributed by atoms with van der Waals surface area (Å²) in [7, 11) is 0. The maximum atomic E-state index is 12.7. The Balaban J connectivity index is 1.80. The summed E-state index contributed by atoms with van der Waals surface area (Å²) in [4.78, 5) is 35.6. The second kappa shape index (κ2) is 6.88. The Hall–Kier alpha value is -2.64. The number of carbonyl (C=O) groups excluding carboxylic acids is 3. The molecule has 1 saturated heterocycles. The van der Waals surface area contributed by atoms with Gasteiger partial charge in [0.15, 0.2) is 12.7 Å². The Morgan fingerprint density at radius 2 is 2.05 bits per heavy atom. The fourth-order valence-electron chi connectivity index (χ4n) is 1.80. The van der Waals surface area contributed by atoms with Gasteiger partial charge in [-0.1, -0.05) is 0 Å². The molecule has 1 aliphatic heterocycles. The SMILES string of the molecule is C[C@H](Oc1ccc(F)cc1)C(=O)OCC(=O)N1CCNC1=O. The molecular weight excluding hydrogens is 295 g/mol. The minimum absolute atomic E-state index is 0.247. The van der Waals surface area contributed by atoms with E-state index in [4.69, 9.17) is 9.47 Å². The van der Waals surface area contributed by atoms with Crippen molar-refractivity contribution in [1.82, 2.24) is 10.2 Å². The van der Waals surface area contributed by atoms with Gasteiger partial charge in [0.05, 0.1) is 0 Å². The lowest BCUT2D eigenvalue weighted by Gasteiger charge is -2.15. The summed E-state index contributed by atoms with van der Waals surface area (Å²) in [5, 5.41) is 2.47. The molecule has 3 amide bonds. The van der Waals surface area contributed by atoms with Gasteiger partial charge in [-0.3, -0.25) is 9.69 Å². The molecule has 8 heteroatoms. The molecule has 1 aromatic rings. The molecule has 0 unspecified atom stereocenters. The predicted molar refractivity (Wildman–Crippen MR) is 72.6 cm³/mol. The Bertz CT molecular complexity index is 575. The van der Waals surface area contributed by atoms with Crippen LogP contribution in [0.5, 0.6) is 5.75 Å². The third-order valence-electron chi connectivity index (χ3n) is 2.95. The van der Waals surface area contributed by atoms with Gasteiger partial charge in [-0.05, 0) is 31.2 Å². The van der Waals surface area contributed by atoms with Crippen LogP contribution in [0.4, 0.5) is 9.18 Å². The van der Waals surface area contributed by atoms with Gasteiger partial charge in [0.2, 0.25) is 0 Å². The van der Waals surface area contributed by atoms with Gasteiger partial charge in [0.25, 0.3) is 5.91 Å². The topological polar surface area (TPSA) is 84.9 Å². The largest absolute Gasteiger partial charge is 0.479 e. The highest BCUT2D eigenvalue weighted by Gasteiger charge is 2.27. The van der Waals surface area contributed by atoms with Crippen molar-refractivity contribution in [1.29, 1.82) is 0 Å². The number of halogens is 1. The molecule has 118 valence electrons. The van der Waals surface area contributed by atoms with E-state index in [1.165, 1.54) is 31.2 Å². The maximum absolute atomic E-state index is 12.7. The number of nitrogens with one attached hydrogen (secondary N) is 1. The highest BCUT2D eigenvalue weighted by molar-refractivity contribution is 5.97. The number of imide groups is 1. The van der Waals surface area contributed by atoms with E-state index in [9.17, 15) is 18.8 Å². The second-order valence-electron chi connectivity index (χ2n) is 4.60. The first-order chi connectivity index (χ1) is 10.5. The van der Waals surface area contributed by atoms with Crippen molar-refractivity contribution in [2.75, 3.05) is 19.7 Å². The molecular formula is C14H15FN2O5. The van der Waals surface area contributed by atoms with Crippen molar-refractivity contribution in [2.45, 2.75) is 13.0 Å². The molecule has 22 heavy (non-hydrogen) atoms. The van der Waals surface area contributed by atoms with Crippen molar-refractivity contribution in [3.63, 3.8) is 0 Å². The van der Waals surface area contributed by atoms with Gasteiger partial charge in [-0.2, -0.15) is 0 Å². The summed E-state index contributed by atoms with van der Waals surface area (Å²) in [6.45, 7) is 1.53. The van der Waals surface area contributed by atoms with Gasteiger partial charge in [0.1, 0.15) is 11.6 Å². The van der Waals surface area contributed by atoms with Crippen molar-refractivity contribution < 1.29 is 28.2 Å². The van der Waals surface area contributed by atoms with Crippen LogP contribution in [0.1, 0.15) is 6.92 Å². The Labute approximate surface area is 126 Å². The van der Waals surface area contributed by atoms with Crippen LogP contribution in [0.2, 0.25) is 0 Å². The lowest BCUT2D eigenvalue weighted by Crippen LogP contribution is -2.38. The van der Waals surface area contributed by atoms with E-state index >= 15 is 0 Å². The monoisotopic (exact) mass is 310 g/mol. The lowest BCUT2D eigenvalue weighted by molar-refractivity contribution is -0.156. The van der Waals surface area contributed by atoms with Crippen LogP contribution >= 0.6 is 0 Å². The number of rotatable bonds is 5. The quantitative estimate of drug-likeness (QED) is 0.809. The second-order valence-corrected chi connectivity index (χ2v) is 4.60. The number of benzene rings is 1. The third-order valence-corrected chi connectivity index (χ3v) is 2.95. The molecule has 0 spiro atoms. The number of amides is 3. The normalized spacial score (nSPS) is 15.2. The zero-order chi connectivity index (χ0) is 16.1. The van der Waals surface area contributed by atoms with Crippen molar-refractivity contribution in [3.05, 3.63) is 30.1 Å². The number of esters is 1. The summed E-state index contributed by atoms with van der Waals surface area (Å²) in [5.74, 6) is -1.47. The number of nitrogens with zero attached hydrogens (tertiary/aromatic N) is 1. The van der Waals surface area contributed by atoms with Gasteiger partial charge in [0, 0.05) is 13.1 Å². The highest BCUT2D eigenvalue weighted by atomic mass is 19.1. The van der Waals surface area contributed by atoms with E-state index in [1.807, 2.05) is 0 Å². The van der Waals surface area contributed by atoms with E-state index in [0.29, 0.717) is 12.3 Å². The minimum Gasteiger partial charge on any atom is -0.479 e. The summed E-state index contributed by atoms with van der Waals surface area (Å²) >= 11 is 0. The van der Waals surface area contributed by atoms with Crippen LogP contribution in [0.15, 0.2) is 24.3 Å². The molecule has 0 saturated carbocycles. The van der Waals surface area contributed by atoms with Gasteiger partial charge >= 0.3 is 12.0 Å². The first kappa shape index (κ1) is 15.7. The Kier molecular flexibility index (Phi) is 4.92. The number of carbonyl (C=O) groups is 3. The van der Waals surface area contributed by atoms with E-state index in [1.54, 1.807) is 0 Å². The van der Waals surface area contributed by atoms with Crippen LogP contribution in [0.3, 0.4) is 0 Å². The summed E-state index contributed by atoms with van der Waals surface area (Å²) < 4.78 is 22.8. The van der Waals surface area contributed by atoms with Crippen LogP contribution in [0.25, 0.3) is 0 Å². The molecule has 1 atom stereocenters. The van der Waals surface area contributed by atoms with Crippen LogP contribution in [0, 0.1) is 5.82 Å². The van der Waals surface area contributed by atoms with Crippen LogP contribution in [-0.2, 0) is 14.3 Å². The number of hydrogen-bond acceptors (Lipinski definition) is 5. The summed E-state index contributed by atoms with van der Waals surface area (Å²) in [6.07, 6.45) is -0.967.